The van der Waals surface area contributed by atoms with Crippen molar-refractivity contribution in [2.75, 3.05) is 0 Å². The van der Waals surface area contributed by atoms with Gasteiger partial charge in [0.05, 0.1) is 5.69 Å². The zero-order chi connectivity index (χ0) is 11.5. The Morgan fingerprint density at radius 1 is 1.06 bits per heavy atom. The van der Waals surface area contributed by atoms with Gasteiger partial charge in [0.1, 0.15) is 0 Å². The Morgan fingerprint density at radius 3 is 2.12 bits per heavy atom. The van der Waals surface area contributed by atoms with E-state index in [-0.39, 0.29) is 18.4 Å². The fraction of sp³-hybridized carbons (Fsp3) is 0.154. The van der Waals surface area contributed by atoms with Crippen LogP contribution in [0.2, 0.25) is 5.02 Å². The molecule has 2 nitrogen and oxygen atoms in total. The zero-order valence-electron chi connectivity index (χ0n) is 9.43. The summed E-state index contributed by atoms with van der Waals surface area (Å²) in [5.74, 6) is 0. The van der Waals surface area contributed by atoms with Crippen molar-refractivity contribution in [3.8, 4) is 11.1 Å². The number of benzene rings is 1. The van der Waals surface area contributed by atoms with Gasteiger partial charge in [-0.05, 0) is 30.7 Å². The Kier molecular flexibility index (Phi) is 4.94. The van der Waals surface area contributed by atoms with Gasteiger partial charge in [-0.15, -0.1) is 12.4 Å². The molecule has 0 saturated carbocycles. The van der Waals surface area contributed by atoms with Gasteiger partial charge in [0.15, 0.2) is 0 Å². The van der Waals surface area contributed by atoms with E-state index in [4.69, 9.17) is 17.3 Å². The van der Waals surface area contributed by atoms with E-state index in [1.807, 2.05) is 49.5 Å². The normalized spacial score (nSPS) is 11.7. The lowest BCUT2D eigenvalue weighted by molar-refractivity contribution is 0.781. The smallest absolute Gasteiger partial charge is 0.0568 e. The first kappa shape index (κ1) is 14.0. The van der Waals surface area contributed by atoms with Crippen LogP contribution in [0.5, 0.6) is 0 Å². The molecule has 0 unspecified atom stereocenters. The molecule has 0 spiro atoms. The maximum absolute atomic E-state index is 5.83. The van der Waals surface area contributed by atoms with Gasteiger partial charge < -0.3 is 5.73 Å². The highest BCUT2D eigenvalue weighted by Crippen LogP contribution is 2.21. The van der Waals surface area contributed by atoms with Crippen molar-refractivity contribution in [3.05, 3.63) is 53.3 Å². The summed E-state index contributed by atoms with van der Waals surface area (Å²) in [5, 5.41) is 0.740. The van der Waals surface area contributed by atoms with Crippen LogP contribution in [0, 0.1) is 0 Å². The van der Waals surface area contributed by atoms with Crippen molar-refractivity contribution < 1.29 is 0 Å². The summed E-state index contributed by atoms with van der Waals surface area (Å²) in [4.78, 5) is 4.32. The minimum Gasteiger partial charge on any atom is -0.323 e. The van der Waals surface area contributed by atoms with Gasteiger partial charge in [-0.25, -0.2) is 0 Å². The zero-order valence-corrected chi connectivity index (χ0v) is 11.0. The number of nitrogens with zero attached hydrogens (tertiary/aromatic N) is 1. The molecule has 2 rings (SSSR count). The highest BCUT2D eigenvalue weighted by molar-refractivity contribution is 6.30. The number of hydrogen-bond acceptors (Lipinski definition) is 2. The molecular formula is C13H14Cl2N2. The fourth-order valence-corrected chi connectivity index (χ4v) is 1.61. The summed E-state index contributed by atoms with van der Waals surface area (Å²) in [6.07, 6.45) is 1.84. The van der Waals surface area contributed by atoms with Gasteiger partial charge in [0, 0.05) is 22.8 Å². The molecule has 4 heteroatoms. The summed E-state index contributed by atoms with van der Waals surface area (Å²) in [7, 11) is 0. The molecule has 0 amide bonds. The van der Waals surface area contributed by atoms with Crippen molar-refractivity contribution >= 4 is 24.0 Å². The van der Waals surface area contributed by atoms with E-state index in [2.05, 4.69) is 4.98 Å². The number of nitrogens with two attached hydrogens (primary N) is 1. The van der Waals surface area contributed by atoms with E-state index >= 15 is 0 Å². The highest BCUT2D eigenvalue weighted by atomic mass is 35.5. The van der Waals surface area contributed by atoms with E-state index in [0.717, 1.165) is 21.8 Å². The van der Waals surface area contributed by atoms with Crippen LogP contribution in [0.15, 0.2) is 42.6 Å². The molecule has 0 saturated heterocycles. The summed E-state index contributed by atoms with van der Waals surface area (Å²) in [5.41, 5.74) is 8.82. The van der Waals surface area contributed by atoms with E-state index in [0.29, 0.717) is 0 Å². The quantitative estimate of drug-likeness (QED) is 0.899. The van der Waals surface area contributed by atoms with Crippen LogP contribution in [0.3, 0.4) is 0 Å². The van der Waals surface area contributed by atoms with Crippen LogP contribution in [-0.2, 0) is 0 Å². The molecule has 1 aromatic heterocycles. The van der Waals surface area contributed by atoms with E-state index in [1.54, 1.807) is 0 Å². The Labute approximate surface area is 112 Å². The Bertz CT molecular complexity index is 464. The molecule has 1 atom stereocenters. The molecule has 0 aliphatic heterocycles. The third-order valence-electron chi connectivity index (χ3n) is 2.43. The summed E-state index contributed by atoms with van der Waals surface area (Å²) < 4.78 is 0. The van der Waals surface area contributed by atoms with Crippen molar-refractivity contribution in [2.45, 2.75) is 13.0 Å². The molecule has 17 heavy (non-hydrogen) atoms. The van der Waals surface area contributed by atoms with Gasteiger partial charge in [0.2, 0.25) is 0 Å². The second-order valence-electron chi connectivity index (χ2n) is 3.77. The van der Waals surface area contributed by atoms with Gasteiger partial charge in [-0.3, -0.25) is 4.98 Å². The van der Waals surface area contributed by atoms with Crippen LogP contribution in [0.1, 0.15) is 18.7 Å². The van der Waals surface area contributed by atoms with Crippen molar-refractivity contribution in [3.63, 3.8) is 0 Å². The molecule has 90 valence electrons. The molecule has 1 aromatic carbocycles. The third kappa shape index (κ3) is 3.43. The average Bonchev–Trinajstić information content (AvgIpc) is 2.30. The predicted octanol–water partition coefficient (Wildman–Crippen LogP) is 3.84. The second-order valence-corrected chi connectivity index (χ2v) is 4.20. The highest BCUT2D eigenvalue weighted by Gasteiger charge is 2.02. The van der Waals surface area contributed by atoms with E-state index in [9.17, 15) is 0 Å². The predicted molar refractivity (Wildman–Crippen MR) is 74.5 cm³/mol. The standard InChI is InChI=1S/C13H13ClN2.ClH/c1-9(15)13-7-4-11(8-16-13)10-2-5-12(14)6-3-10;/h2-9H,15H2,1H3;1H/t9-;/m0./s1. The SMILES string of the molecule is C[C@H](N)c1ccc(-c2ccc(Cl)cc2)cn1.Cl. The van der Waals surface area contributed by atoms with Crippen LogP contribution in [-0.4, -0.2) is 4.98 Å². The monoisotopic (exact) mass is 268 g/mol. The van der Waals surface area contributed by atoms with Crippen LogP contribution >= 0.6 is 24.0 Å². The Balaban J connectivity index is 0.00000144. The largest absolute Gasteiger partial charge is 0.323 e. The molecule has 0 aliphatic carbocycles. The molecule has 0 fully saturated rings. The van der Waals surface area contributed by atoms with Crippen LogP contribution < -0.4 is 5.73 Å². The minimum atomic E-state index is -0.0285. The van der Waals surface area contributed by atoms with E-state index in [1.165, 1.54) is 0 Å². The molecule has 2 aromatic rings. The third-order valence-corrected chi connectivity index (χ3v) is 2.68. The van der Waals surface area contributed by atoms with Gasteiger partial charge in [-0.2, -0.15) is 0 Å². The Hall–Kier alpha value is -1.09. The summed E-state index contributed by atoms with van der Waals surface area (Å²) >= 11 is 5.83. The fourth-order valence-electron chi connectivity index (χ4n) is 1.49. The van der Waals surface area contributed by atoms with Crippen LogP contribution in [0.4, 0.5) is 0 Å². The lowest BCUT2D eigenvalue weighted by atomic mass is 10.1. The number of rotatable bonds is 2. The lowest BCUT2D eigenvalue weighted by Gasteiger charge is -2.06. The molecule has 0 aliphatic rings. The summed E-state index contributed by atoms with van der Waals surface area (Å²) in [6, 6.07) is 11.6. The molecular weight excluding hydrogens is 255 g/mol. The van der Waals surface area contributed by atoms with Crippen molar-refractivity contribution in [1.29, 1.82) is 0 Å². The first-order chi connectivity index (χ1) is 7.66. The number of hydrogen-bond donors (Lipinski definition) is 1. The first-order valence-electron chi connectivity index (χ1n) is 5.14. The Morgan fingerprint density at radius 2 is 1.65 bits per heavy atom. The molecule has 2 N–H and O–H groups in total. The van der Waals surface area contributed by atoms with Gasteiger partial charge in [-0.1, -0.05) is 29.8 Å². The number of halogens is 2. The van der Waals surface area contributed by atoms with Gasteiger partial charge in [0.25, 0.3) is 0 Å². The summed E-state index contributed by atoms with van der Waals surface area (Å²) in [6.45, 7) is 1.92. The average molecular weight is 269 g/mol. The lowest BCUT2D eigenvalue weighted by Crippen LogP contribution is -2.06. The first-order valence-corrected chi connectivity index (χ1v) is 5.52. The topological polar surface area (TPSA) is 38.9 Å². The van der Waals surface area contributed by atoms with Crippen LogP contribution in [0.25, 0.3) is 11.1 Å². The van der Waals surface area contributed by atoms with Crippen molar-refractivity contribution in [1.82, 2.24) is 4.98 Å². The minimum absolute atomic E-state index is 0. The molecule has 0 bridgehead atoms. The second kappa shape index (κ2) is 6.01. The van der Waals surface area contributed by atoms with Gasteiger partial charge >= 0.3 is 0 Å². The number of aromatic nitrogens is 1. The molecule has 0 radical (unpaired) electrons. The molecule has 1 heterocycles. The van der Waals surface area contributed by atoms with E-state index < -0.39 is 0 Å². The maximum atomic E-state index is 5.83. The number of pyridine rings is 1. The maximum Gasteiger partial charge on any atom is 0.0568 e. The van der Waals surface area contributed by atoms with Crippen molar-refractivity contribution in [2.24, 2.45) is 5.73 Å².